The van der Waals surface area contributed by atoms with Crippen molar-refractivity contribution in [1.29, 1.82) is 0 Å². The maximum absolute atomic E-state index is 12.2. The predicted octanol–water partition coefficient (Wildman–Crippen LogP) is 1.99. The summed E-state index contributed by atoms with van der Waals surface area (Å²) in [5.74, 6) is -1.03. The van der Waals surface area contributed by atoms with Gasteiger partial charge in [0.2, 0.25) is 0 Å². The summed E-state index contributed by atoms with van der Waals surface area (Å²) in [6.07, 6.45) is 7.74. The number of rotatable bonds is 4. The third kappa shape index (κ3) is 3.15. The highest BCUT2D eigenvalue weighted by Crippen LogP contribution is 2.30. The van der Waals surface area contributed by atoms with Crippen LogP contribution >= 0.6 is 0 Å². The lowest BCUT2D eigenvalue weighted by atomic mass is 9.81. The van der Waals surface area contributed by atoms with Gasteiger partial charge in [-0.1, -0.05) is 18.2 Å². The largest absolute Gasteiger partial charge is 0.465 e. The van der Waals surface area contributed by atoms with Crippen LogP contribution in [0.2, 0.25) is 0 Å². The van der Waals surface area contributed by atoms with E-state index in [4.69, 9.17) is 4.74 Å². The first-order valence-corrected chi connectivity index (χ1v) is 6.11. The zero-order valence-corrected chi connectivity index (χ0v) is 10.8. The van der Waals surface area contributed by atoms with Crippen molar-refractivity contribution in [2.24, 2.45) is 5.41 Å². The molecule has 0 saturated carbocycles. The van der Waals surface area contributed by atoms with E-state index in [1.165, 1.54) is 19.1 Å². The van der Waals surface area contributed by atoms with Crippen LogP contribution in [-0.2, 0) is 19.1 Å². The first-order valence-electron chi connectivity index (χ1n) is 6.11. The van der Waals surface area contributed by atoms with Gasteiger partial charge < -0.3 is 4.74 Å². The number of esters is 1. The number of ether oxygens (including phenoxy) is 1. The van der Waals surface area contributed by atoms with Crippen LogP contribution in [0.4, 0.5) is 0 Å². The smallest absolute Gasteiger partial charge is 0.327 e. The van der Waals surface area contributed by atoms with E-state index in [1.54, 1.807) is 19.1 Å². The Hall–Kier alpha value is -1.71. The molecule has 4 nitrogen and oxygen atoms in total. The minimum atomic E-state index is -1.42. The molecular formula is C14H18O4. The Kier molecular flexibility index (Phi) is 5.01. The van der Waals surface area contributed by atoms with Gasteiger partial charge in [-0.05, 0) is 32.8 Å². The van der Waals surface area contributed by atoms with Gasteiger partial charge >= 0.3 is 5.97 Å². The number of hydrogen-bond donors (Lipinski definition) is 0. The molecule has 0 fully saturated rings. The molecule has 1 atom stereocenters. The number of hydrogen-bond acceptors (Lipinski definition) is 4. The van der Waals surface area contributed by atoms with E-state index >= 15 is 0 Å². The normalized spacial score (nSPS) is 24.0. The zero-order chi connectivity index (χ0) is 13.6. The monoisotopic (exact) mass is 250 g/mol. The molecule has 0 heterocycles. The van der Waals surface area contributed by atoms with Crippen molar-refractivity contribution in [3.8, 4) is 0 Å². The van der Waals surface area contributed by atoms with E-state index in [0.29, 0.717) is 12.8 Å². The molecule has 1 aliphatic rings. The fraction of sp³-hybridized carbons (Fsp3) is 0.500. The Morgan fingerprint density at radius 2 is 2.22 bits per heavy atom. The van der Waals surface area contributed by atoms with Gasteiger partial charge in [-0.25, -0.2) is 0 Å². The third-order valence-corrected chi connectivity index (χ3v) is 2.81. The topological polar surface area (TPSA) is 60.4 Å². The molecule has 4 heteroatoms. The Bertz CT molecular complexity index is 406. The van der Waals surface area contributed by atoms with Crippen LogP contribution in [0.3, 0.4) is 0 Å². The van der Waals surface area contributed by atoms with Gasteiger partial charge in [-0.15, -0.1) is 0 Å². The summed E-state index contributed by atoms with van der Waals surface area (Å²) in [6.45, 7) is 3.26. The average molecular weight is 250 g/mol. The minimum absolute atomic E-state index is 0.204. The maximum atomic E-state index is 12.2. The molecule has 0 aromatic heterocycles. The van der Waals surface area contributed by atoms with Crippen molar-refractivity contribution < 1.29 is 19.1 Å². The number of carbonyl (C=O) groups excluding carboxylic acids is 3. The van der Waals surface area contributed by atoms with Crippen molar-refractivity contribution in [3.05, 3.63) is 24.3 Å². The minimum Gasteiger partial charge on any atom is -0.465 e. The molecule has 0 aliphatic heterocycles. The van der Waals surface area contributed by atoms with E-state index in [2.05, 4.69) is 0 Å². The highest BCUT2D eigenvalue weighted by molar-refractivity contribution is 6.09. The van der Waals surface area contributed by atoms with Crippen molar-refractivity contribution in [2.45, 2.75) is 33.1 Å². The van der Waals surface area contributed by atoms with E-state index in [9.17, 15) is 14.4 Å². The fourth-order valence-corrected chi connectivity index (χ4v) is 1.85. The molecule has 0 aromatic rings. The van der Waals surface area contributed by atoms with Crippen LogP contribution in [0, 0.1) is 5.41 Å². The van der Waals surface area contributed by atoms with Gasteiger partial charge in [0, 0.05) is 6.42 Å². The van der Waals surface area contributed by atoms with E-state index in [1.807, 2.05) is 0 Å². The summed E-state index contributed by atoms with van der Waals surface area (Å²) >= 11 is 0. The Morgan fingerprint density at radius 1 is 1.50 bits per heavy atom. The average Bonchev–Trinajstić information content (AvgIpc) is 2.50. The molecule has 0 N–H and O–H groups in total. The van der Waals surface area contributed by atoms with Gasteiger partial charge in [0.15, 0.2) is 17.0 Å². The first kappa shape index (κ1) is 14.4. The summed E-state index contributed by atoms with van der Waals surface area (Å²) in [7, 11) is 0. The Balaban J connectivity index is 3.17. The second-order valence-electron chi connectivity index (χ2n) is 4.25. The summed E-state index contributed by atoms with van der Waals surface area (Å²) in [5, 5.41) is 0. The zero-order valence-electron chi connectivity index (χ0n) is 10.8. The van der Waals surface area contributed by atoms with Gasteiger partial charge in [-0.3, -0.25) is 14.4 Å². The summed E-state index contributed by atoms with van der Waals surface area (Å²) < 4.78 is 4.97. The lowest BCUT2D eigenvalue weighted by molar-refractivity contribution is -0.153. The van der Waals surface area contributed by atoms with E-state index in [0.717, 1.165) is 6.42 Å². The predicted molar refractivity (Wildman–Crippen MR) is 66.9 cm³/mol. The van der Waals surface area contributed by atoms with Crippen molar-refractivity contribution in [1.82, 2.24) is 0 Å². The molecule has 1 rings (SSSR count). The summed E-state index contributed by atoms with van der Waals surface area (Å²) in [5.41, 5.74) is -1.42. The lowest BCUT2D eigenvalue weighted by Crippen LogP contribution is -2.37. The first-order chi connectivity index (χ1) is 8.53. The van der Waals surface area contributed by atoms with E-state index < -0.39 is 11.4 Å². The van der Waals surface area contributed by atoms with Crippen molar-refractivity contribution in [3.63, 3.8) is 0 Å². The Labute approximate surface area is 107 Å². The fourth-order valence-electron chi connectivity index (χ4n) is 1.85. The second-order valence-corrected chi connectivity index (χ2v) is 4.25. The molecule has 0 amide bonds. The molecule has 18 heavy (non-hydrogen) atoms. The van der Waals surface area contributed by atoms with Crippen LogP contribution in [0.15, 0.2) is 24.3 Å². The van der Waals surface area contributed by atoms with Gasteiger partial charge in [0.05, 0.1) is 6.61 Å². The molecule has 0 saturated heterocycles. The van der Waals surface area contributed by atoms with Crippen LogP contribution < -0.4 is 0 Å². The highest BCUT2D eigenvalue weighted by Gasteiger charge is 2.42. The van der Waals surface area contributed by atoms with Crippen molar-refractivity contribution >= 4 is 17.5 Å². The van der Waals surface area contributed by atoms with E-state index in [-0.39, 0.29) is 18.2 Å². The van der Waals surface area contributed by atoms with Gasteiger partial charge in [0.1, 0.15) is 0 Å². The lowest BCUT2D eigenvalue weighted by Gasteiger charge is -2.22. The molecule has 1 aliphatic carbocycles. The van der Waals surface area contributed by atoms with Crippen molar-refractivity contribution in [2.75, 3.05) is 6.61 Å². The molecule has 0 radical (unpaired) electrons. The standard InChI is InChI=1S/C14H18O4/c1-3-18-13(17)14(10-8-11(2)15)9-6-4-5-7-12(14)16/h6,8-10H,3-5,7H2,1-2H3/b10-8+. The molecule has 1 unspecified atom stereocenters. The summed E-state index contributed by atoms with van der Waals surface area (Å²) in [4.78, 5) is 35.2. The SMILES string of the molecule is CCOC(=O)C1(/C=C/C(C)=O)C=CCCCC1=O. The van der Waals surface area contributed by atoms with Crippen LogP contribution in [-0.4, -0.2) is 24.1 Å². The third-order valence-electron chi connectivity index (χ3n) is 2.81. The van der Waals surface area contributed by atoms with Gasteiger partial charge in [0.25, 0.3) is 0 Å². The highest BCUT2D eigenvalue weighted by atomic mass is 16.5. The molecule has 0 bridgehead atoms. The molecular weight excluding hydrogens is 232 g/mol. The number of carbonyl (C=O) groups is 3. The summed E-state index contributed by atoms with van der Waals surface area (Å²) in [6, 6.07) is 0. The molecule has 98 valence electrons. The number of Topliss-reactive ketones (excluding diaryl/α,β-unsaturated/α-hetero) is 1. The van der Waals surface area contributed by atoms with Crippen LogP contribution in [0.25, 0.3) is 0 Å². The Morgan fingerprint density at radius 3 is 2.83 bits per heavy atom. The quantitative estimate of drug-likeness (QED) is 0.331. The van der Waals surface area contributed by atoms with Crippen LogP contribution in [0.1, 0.15) is 33.1 Å². The van der Waals surface area contributed by atoms with Gasteiger partial charge in [-0.2, -0.15) is 0 Å². The number of allylic oxidation sites excluding steroid dienone is 2. The molecule has 0 aromatic carbocycles. The molecule has 0 spiro atoms. The van der Waals surface area contributed by atoms with Crippen LogP contribution in [0.5, 0.6) is 0 Å². The second kappa shape index (κ2) is 6.28. The maximum Gasteiger partial charge on any atom is 0.327 e. The number of ketones is 2.